The van der Waals surface area contributed by atoms with Gasteiger partial charge in [0.1, 0.15) is 5.69 Å². The van der Waals surface area contributed by atoms with Gasteiger partial charge >= 0.3 is 0 Å². The van der Waals surface area contributed by atoms with Gasteiger partial charge in [-0.2, -0.15) is 0 Å². The van der Waals surface area contributed by atoms with Crippen LogP contribution in [0.25, 0.3) is 0 Å². The van der Waals surface area contributed by atoms with Crippen LogP contribution < -0.4 is 4.74 Å². The van der Waals surface area contributed by atoms with Crippen molar-refractivity contribution in [2.75, 3.05) is 19.7 Å². The van der Waals surface area contributed by atoms with E-state index in [0.29, 0.717) is 41.8 Å². The van der Waals surface area contributed by atoms with Crippen LogP contribution >= 0.6 is 0 Å². The molecule has 1 fully saturated rings. The van der Waals surface area contributed by atoms with Crippen LogP contribution in [0.4, 0.5) is 0 Å². The molecule has 1 aliphatic rings. The molecule has 1 aromatic carbocycles. The van der Waals surface area contributed by atoms with Crippen molar-refractivity contribution in [3.05, 3.63) is 47.3 Å². The number of ether oxygens (including phenoxy) is 1. The summed E-state index contributed by atoms with van der Waals surface area (Å²) >= 11 is 0. The zero-order valence-corrected chi connectivity index (χ0v) is 17.8. The molecular weight excluding hydrogens is 350 g/mol. The molecule has 0 radical (unpaired) electrons. The summed E-state index contributed by atoms with van der Waals surface area (Å²) in [6.07, 6.45) is 3.92. The number of imidazole rings is 1. The van der Waals surface area contributed by atoms with Crippen LogP contribution in [0.5, 0.6) is 6.01 Å². The SMILES string of the molecule is CC(C)c1ccc(C(=O)c2cnc(OCC3CCN(C(C)C)CC3)n2C)cc1. The van der Waals surface area contributed by atoms with Crippen molar-refractivity contribution in [2.45, 2.75) is 52.5 Å². The molecule has 5 nitrogen and oxygen atoms in total. The second kappa shape index (κ2) is 8.91. The summed E-state index contributed by atoms with van der Waals surface area (Å²) in [4.78, 5) is 19.7. The Bertz CT molecular complexity index is 785. The summed E-state index contributed by atoms with van der Waals surface area (Å²) < 4.78 is 7.74. The molecule has 0 unspecified atom stereocenters. The van der Waals surface area contributed by atoms with Crippen LogP contribution in [0.15, 0.2) is 30.5 Å². The highest BCUT2D eigenvalue weighted by molar-refractivity contribution is 6.07. The van der Waals surface area contributed by atoms with Crippen LogP contribution in [-0.2, 0) is 7.05 Å². The summed E-state index contributed by atoms with van der Waals surface area (Å²) in [5.74, 6) is 0.980. The van der Waals surface area contributed by atoms with Gasteiger partial charge in [0.15, 0.2) is 0 Å². The van der Waals surface area contributed by atoms with E-state index in [0.717, 1.165) is 25.9 Å². The van der Waals surface area contributed by atoms with E-state index in [1.54, 1.807) is 10.8 Å². The molecule has 3 rings (SSSR count). The third-order valence-corrected chi connectivity index (χ3v) is 5.85. The minimum Gasteiger partial charge on any atom is -0.464 e. The molecule has 28 heavy (non-hydrogen) atoms. The molecule has 0 spiro atoms. The number of ketones is 1. The lowest BCUT2D eigenvalue weighted by Crippen LogP contribution is -2.39. The van der Waals surface area contributed by atoms with E-state index in [1.165, 1.54) is 5.56 Å². The van der Waals surface area contributed by atoms with Gasteiger partial charge in [-0.3, -0.25) is 9.36 Å². The maximum atomic E-state index is 12.8. The number of aromatic nitrogens is 2. The summed E-state index contributed by atoms with van der Waals surface area (Å²) in [5.41, 5.74) is 2.47. The molecule has 0 N–H and O–H groups in total. The van der Waals surface area contributed by atoms with Gasteiger partial charge in [-0.1, -0.05) is 38.1 Å². The van der Waals surface area contributed by atoms with E-state index in [4.69, 9.17) is 4.74 Å². The van der Waals surface area contributed by atoms with E-state index < -0.39 is 0 Å². The van der Waals surface area contributed by atoms with E-state index in [2.05, 4.69) is 37.6 Å². The Kier molecular flexibility index (Phi) is 6.55. The first-order valence-corrected chi connectivity index (χ1v) is 10.4. The largest absolute Gasteiger partial charge is 0.464 e. The van der Waals surface area contributed by atoms with Gasteiger partial charge in [0.25, 0.3) is 6.01 Å². The molecule has 152 valence electrons. The minimum atomic E-state index is -0.0228. The Morgan fingerprint density at radius 3 is 2.36 bits per heavy atom. The Morgan fingerprint density at radius 1 is 1.14 bits per heavy atom. The van der Waals surface area contributed by atoms with Crippen molar-refractivity contribution in [3.63, 3.8) is 0 Å². The highest BCUT2D eigenvalue weighted by atomic mass is 16.5. The Balaban J connectivity index is 1.60. The summed E-state index contributed by atoms with van der Waals surface area (Å²) in [6, 6.07) is 8.97. The predicted octanol–water partition coefficient (Wildman–Crippen LogP) is 4.27. The average Bonchev–Trinajstić information content (AvgIpc) is 3.06. The molecule has 2 aromatic rings. The second-order valence-corrected chi connectivity index (χ2v) is 8.47. The van der Waals surface area contributed by atoms with Gasteiger partial charge < -0.3 is 9.64 Å². The third kappa shape index (κ3) is 4.64. The summed E-state index contributed by atoms with van der Waals surface area (Å²) in [5, 5.41) is 0. The standard InChI is InChI=1S/C23H33N3O2/c1-16(2)19-6-8-20(9-7-19)22(27)21-14-24-23(25(21)5)28-15-18-10-12-26(13-11-18)17(3)4/h6-9,14,16-18H,10-13,15H2,1-5H3. The molecule has 1 saturated heterocycles. The molecule has 5 heteroatoms. The van der Waals surface area contributed by atoms with Gasteiger partial charge in [-0.05, 0) is 57.2 Å². The van der Waals surface area contributed by atoms with Crippen molar-refractivity contribution < 1.29 is 9.53 Å². The maximum Gasteiger partial charge on any atom is 0.296 e. The number of hydrogen-bond donors (Lipinski definition) is 0. The lowest BCUT2D eigenvalue weighted by atomic mass is 9.97. The third-order valence-electron chi connectivity index (χ3n) is 5.85. The lowest BCUT2D eigenvalue weighted by molar-refractivity contribution is 0.102. The van der Waals surface area contributed by atoms with Gasteiger partial charge in [0.05, 0.1) is 12.8 Å². The smallest absolute Gasteiger partial charge is 0.296 e. The molecular formula is C23H33N3O2. The molecule has 0 bridgehead atoms. The topological polar surface area (TPSA) is 47.4 Å². The predicted molar refractivity (Wildman–Crippen MR) is 112 cm³/mol. The van der Waals surface area contributed by atoms with E-state index in [-0.39, 0.29) is 5.78 Å². The van der Waals surface area contributed by atoms with Crippen LogP contribution in [0.2, 0.25) is 0 Å². The fraction of sp³-hybridized carbons (Fsp3) is 0.565. The number of hydrogen-bond acceptors (Lipinski definition) is 4. The van der Waals surface area contributed by atoms with Gasteiger partial charge in [-0.15, -0.1) is 0 Å². The fourth-order valence-electron chi connectivity index (χ4n) is 3.73. The molecule has 0 saturated carbocycles. The van der Waals surface area contributed by atoms with Gasteiger partial charge in [-0.25, -0.2) is 4.98 Å². The zero-order valence-electron chi connectivity index (χ0n) is 17.8. The first-order chi connectivity index (χ1) is 13.4. The van der Waals surface area contributed by atoms with Crippen molar-refractivity contribution in [3.8, 4) is 6.01 Å². The van der Waals surface area contributed by atoms with E-state index in [9.17, 15) is 4.79 Å². The molecule has 0 atom stereocenters. The van der Waals surface area contributed by atoms with Crippen LogP contribution in [0.1, 0.15) is 68.1 Å². The van der Waals surface area contributed by atoms with Gasteiger partial charge in [0, 0.05) is 18.7 Å². The first kappa shape index (κ1) is 20.6. The lowest BCUT2D eigenvalue weighted by Gasteiger charge is -2.34. The Hall–Kier alpha value is -2.14. The van der Waals surface area contributed by atoms with Crippen LogP contribution in [0, 0.1) is 5.92 Å². The number of rotatable bonds is 7. The molecule has 1 aliphatic heterocycles. The highest BCUT2D eigenvalue weighted by Crippen LogP contribution is 2.22. The Labute approximate surface area is 168 Å². The van der Waals surface area contributed by atoms with Crippen molar-refractivity contribution in [1.82, 2.24) is 14.5 Å². The first-order valence-electron chi connectivity index (χ1n) is 10.4. The van der Waals surface area contributed by atoms with Crippen LogP contribution in [-0.4, -0.2) is 46.0 Å². The summed E-state index contributed by atoms with van der Waals surface area (Å²) in [7, 11) is 1.85. The normalized spacial score (nSPS) is 16.1. The molecule has 0 amide bonds. The second-order valence-electron chi connectivity index (χ2n) is 8.47. The Morgan fingerprint density at radius 2 is 1.79 bits per heavy atom. The fourth-order valence-corrected chi connectivity index (χ4v) is 3.73. The number of benzene rings is 1. The summed E-state index contributed by atoms with van der Waals surface area (Å²) in [6.45, 7) is 11.7. The van der Waals surface area contributed by atoms with E-state index in [1.807, 2.05) is 31.3 Å². The molecule has 0 aliphatic carbocycles. The van der Waals surface area contributed by atoms with Crippen molar-refractivity contribution in [1.29, 1.82) is 0 Å². The number of piperidine rings is 1. The zero-order chi connectivity index (χ0) is 20.3. The quantitative estimate of drug-likeness (QED) is 0.670. The number of likely N-dealkylation sites (tertiary alicyclic amines) is 1. The molecule has 1 aromatic heterocycles. The average molecular weight is 384 g/mol. The highest BCUT2D eigenvalue weighted by Gasteiger charge is 2.22. The number of nitrogens with zero attached hydrogens (tertiary/aromatic N) is 3. The minimum absolute atomic E-state index is 0.0228. The van der Waals surface area contributed by atoms with Gasteiger partial charge in [0.2, 0.25) is 5.78 Å². The maximum absolute atomic E-state index is 12.8. The van der Waals surface area contributed by atoms with Crippen molar-refractivity contribution in [2.24, 2.45) is 13.0 Å². The van der Waals surface area contributed by atoms with Crippen molar-refractivity contribution >= 4 is 5.78 Å². The van der Waals surface area contributed by atoms with Crippen LogP contribution in [0.3, 0.4) is 0 Å². The van der Waals surface area contributed by atoms with E-state index >= 15 is 0 Å². The number of carbonyl (C=O) groups excluding carboxylic acids is 1. The monoisotopic (exact) mass is 383 g/mol. The number of carbonyl (C=O) groups is 1. The molecule has 2 heterocycles.